The molecule has 0 spiro atoms. The number of piperidine rings is 1. The summed E-state index contributed by atoms with van der Waals surface area (Å²) in [4.78, 5) is 24.9. The molecular weight excluding hydrogens is 254 g/mol. The number of primary amides is 1. The lowest BCUT2D eigenvalue weighted by Crippen LogP contribution is -2.61. The summed E-state index contributed by atoms with van der Waals surface area (Å²) in [7, 11) is 0. The zero-order valence-corrected chi connectivity index (χ0v) is 11.8. The van der Waals surface area contributed by atoms with Crippen molar-refractivity contribution in [1.29, 1.82) is 0 Å². The summed E-state index contributed by atoms with van der Waals surface area (Å²) in [5.74, 6) is -0.289. The van der Waals surface area contributed by atoms with Gasteiger partial charge >= 0.3 is 0 Å². The van der Waals surface area contributed by atoms with Crippen molar-refractivity contribution in [3.63, 3.8) is 0 Å². The number of hydrogen-bond acceptors (Lipinski definition) is 3. The summed E-state index contributed by atoms with van der Waals surface area (Å²) in [5.41, 5.74) is 5.99. The summed E-state index contributed by atoms with van der Waals surface area (Å²) >= 11 is 0. The van der Waals surface area contributed by atoms with E-state index >= 15 is 0 Å². The molecule has 0 aliphatic carbocycles. The van der Waals surface area contributed by atoms with Crippen LogP contribution >= 0.6 is 0 Å². The van der Waals surface area contributed by atoms with E-state index in [-0.39, 0.29) is 11.8 Å². The Morgan fingerprint density at radius 1 is 1.25 bits per heavy atom. The van der Waals surface area contributed by atoms with Crippen LogP contribution in [0.3, 0.4) is 0 Å². The number of nitrogens with one attached hydrogen (secondary N) is 1. The fourth-order valence-electron chi connectivity index (χ4n) is 2.58. The van der Waals surface area contributed by atoms with Gasteiger partial charge in [0.05, 0.1) is 0 Å². The maximum absolute atomic E-state index is 11.8. The van der Waals surface area contributed by atoms with Crippen molar-refractivity contribution in [2.75, 3.05) is 13.1 Å². The number of carbonyl (C=O) groups is 2. The van der Waals surface area contributed by atoms with Gasteiger partial charge in [-0.1, -0.05) is 30.3 Å². The van der Waals surface area contributed by atoms with E-state index in [1.54, 1.807) is 11.8 Å². The Kier molecular flexibility index (Phi) is 4.39. The lowest BCUT2D eigenvalue weighted by atomic mass is 9.86. The van der Waals surface area contributed by atoms with Crippen LogP contribution < -0.4 is 11.1 Å². The molecule has 1 aliphatic rings. The molecule has 0 unspecified atom stereocenters. The number of carbonyl (C=O) groups excluding carboxylic acids is 2. The lowest BCUT2D eigenvalue weighted by Gasteiger charge is -2.40. The fourth-order valence-corrected chi connectivity index (χ4v) is 2.58. The Balaban J connectivity index is 2.01. The second kappa shape index (κ2) is 6.05. The van der Waals surface area contributed by atoms with Gasteiger partial charge in [0.1, 0.15) is 5.54 Å². The molecule has 1 aromatic carbocycles. The van der Waals surface area contributed by atoms with Crippen LogP contribution in [0.4, 0.5) is 0 Å². The predicted molar refractivity (Wildman–Crippen MR) is 76.7 cm³/mol. The molecule has 108 valence electrons. The van der Waals surface area contributed by atoms with Crippen LogP contribution in [0, 0.1) is 0 Å². The highest BCUT2D eigenvalue weighted by Crippen LogP contribution is 2.23. The summed E-state index contributed by atoms with van der Waals surface area (Å²) in [5, 5.41) is 3.30. The minimum atomic E-state index is -0.707. The quantitative estimate of drug-likeness (QED) is 0.847. The Morgan fingerprint density at radius 3 is 2.35 bits per heavy atom. The van der Waals surface area contributed by atoms with E-state index in [0.29, 0.717) is 32.5 Å². The Hall–Kier alpha value is -1.88. The summed E-state index contributed by atoms with van der Waals surface area (Å²) < 4.78 is 0. The van der Waals surface area contributed by atoms with Crippen LogP contribution in [0.15, 0.2) is 30.3 Å². The van der Waals surface area contributed by atoms with Gasteiger partial charge in [-0.25, -0.2) is 0 Å². The number of benzene rings is 1. The van der Waals surface area contributed by atoms with Crippen LogP contribution in [0.25, 0.3) is 0 Å². The number of likely N-dealkylation sites (tertiary alicyclic amines) is 1. The zero-order chi connectivity index (χ0) is 14.6. The molecule has 5 nitrogen and oxygen atoms in total. The molecule has 1 fully saturated rings. The van der Waals surface area contributed by atoms with Crippen LogP contribution in [-0.2, 0) is 16.1 Å². The van der Waals surface area contributed by atoms with Gasteiger partial charge in [0, 0.05) is 26.6 Å². The lowest BCUT2D eigenvalue weighted by molar-refractivity contribution is -0.134. The van der Waals surface area contributed by atoms with Gasteiger partial charge in [0.2, 0.25) is 11.8 Å². The van der Waals surface area contributed by atoms with E-state index in [9.17, 15) is 9.59 Å². The van der Waals surface area contributed by atoms with Gasteiger partial charge in [-0.3, -0.25) is 14.9 Å². The van der Waals surface area contributed by atoms with Crippen molar-refractivity contribution >= 4 is 11.8 Å². The molecular formula is C15H21N3O2. The molecule has 0 aromatic heterocycles. The average molecular weight is 275 g/mol. The largest absolute Gasteiger partial charge is 0.368 e. The third kappa shape index (κ3) is 3.17. The first-order chi connectivity index (χ1) is 9.53. The number of rotatable bonds is 4. The van der Waals surface area contributed by atoms with Crippen LogP contribution in [0.5, 0.6) is 0 Å². The zero-order valence-electron chi connectivity index (χ0n) is 11.8. The number of nitrogens with two attached hydrogens (primary N) is 1. The van der Waals surface area contributed by atoms with E-state index in [1.165, 1.54) is 0 Å². The molecule has 3 N–H and O–H groups in total. The van der Waals surface area contributed by atoms with Gasteiger partial charge in [-0.15, -0.1) is 0 Å². The predicted octanol–water partition coefficient (Wildman–Crippen LogP) is 0.643. The van der Waals surface area contributed by atoms with E-state index in [2.05, 4.69) is 5.32 Å². The van der Waals surface area contributed by atoms with E-state index in [4.69, 9.17) is 5.73 Å². The standard InChI is InChI=1S/C15H21N3O2/c1-12(19)18-9-7-15(8-10-18,14(16)20)17-11-13-5-3-2-4-6-13/h2-6,17H,7-11H2,1H3,(H2,16,20). The second-order valence-corrected chi connectivity index (χ2v) is 5.29. The Morgan fingerprint density at radius 2 is 1.85 bits per heavy atom. The minimum absolute atomic E-state index is 0.0473. The van der Waals surface area contributed by atoms with Gasteiger partial charge in [0.25, 0.3) is 0 Å². The smallest absolute Gasteiger partial charge is 0.237 e. The summed E-state index contributed by atoms with van der Waals surface area (Å²) in [6.45, 7) is 3.29. The molecule has 0 atom stereocenters. The molecule has 5 heteroatoms. The summed E-state index contributed by atoms with van der Waals surface area (Å²) in [6, 6.07) is 9.90. The molecule has 2 rings (SSSR count). The monoisotopic (exact) mass is 275 g/mol. The molecule has 1 saturated heterocycles. The maximum Gasteiger partial charge on any atom is 0.237 e. The van der Waals surface area contributed by atoms with Gasteiger partial charge < -0.3 is 10.6 Å². The minimum Gasteiger partial charge on any atom is -0.368 e. The highest BCUT2D eigenvalue weighted by molar-refractivity contribution is 5.85. The molecule has 0 saturated carbocycles. The van der Waals surface area contributed by atoms with Gasteiger partial charge in [0.15, 0.2) is 0 Å². The highest BCUT2D eigenvalue weighted by Gasteiger charge is 2.39. The SMILES string of the molecule is CC(=O)N1CCC(NCc2ccccc2)(C(N)=O)CC1. The number of nitrogens with zero attached hydrogens (tertiary/aromatic N) is 1. The van der Waals surface area contributed by atoms with Gasteiger partial charge in [-0.2, -0.15) is 0 Å². The number of hydrogen-bond donors (Lipinski definition) is 2. The molecule has 1 aromatic rings. The van der Waals surface area contributed by atoms with Crippen LogP contribution in [0.1, 0.15) is 25.3 Å². The third-order valence-corrected chi connectivity index (χ3v) is 4.01. The van der Waals surface area contributed by atoms with E-state index in [1.807, 2.05) is 30.3 Å². The third-order valence-electron chi connectivity index (χ3n) is 4.01. The van der Waals surface area contributed by atoms with Crippen molar-refractivity contribution in [3.8, 4) is 0 Å². The van der Waals surface area contributed by atoms with E-state index < -0.39 is 5.54 Å². The van der Waals surface area contributed by atoms with Crippen molar-refractivity contribution in [2.24, 2.45) is 5.73 Å². The topological polar surface area (TPSA) is 75.4 Å². The van der Waals surface area contributed by atoms with Crippen LogP contribution in [-0.4, -0.2) is 35.3 Å². The normalized spacial score (nSPS) is 17.8. The summed E-state index contributed by atoms with van der Waals surface area (Å²) in [6.07, 6.45) is 1.13. The number of amides is 2. The highest BCUT2D eigenvalue weighted by atomic mass is 16.2. The molecule has 0 radical (unpaired) electrons. The van der Waals surface area contributed by atoms with Crippen LogP contribution in [0.2, 0.25) is 0 Å². The van der Waals surface area contributed by atoms with Gasteiger partial charge in [-0.05, 0) is 18.4 Å². The Bertz CT molecular complexity index is 479. The molecule has 1 aliphatic heterocycles. The van der Waals surface area contributed by atoms with Crippen molar-refractivity contribution in [1.82, 2.24) is 10.2 Å². The second-order valence-electron chi connectivity index (χ2n) is 5.29. The van der Waals surface area contributed by atoms with Crippen molar-refractivity contribution in [3.05, 3.63) is 35.9 Å². The van der Waals surface area contributed by atoms with Crippen molar-refractivity contribution < 1.29 is 9.59 Å². The fraction of sp³-hybridized carbons (Fsp3) is 0.467. The molecule has 1 heterocycles. The molecule has 20 heavy (non-hydrogen) atoms. The molecule has 0 bridgehead atoms. The first kappa shape index (κ1) is 14.5. The Labute approximate surface area is 119 Å². The van der Waals surface area contributed by atoms with Crippen molar-refractivity contribution in [2.45, 2.75) is 31.8 Å². The van der Waals surface area contributed by atoms with E-state index in [0.717, 1.165) is 5.56 Å². The molecule has 2 amide bonds. The first-order valence-electron chi connectivity index (χ1n) is 6.88. The first-order valence-corrected chi connectivity index (χ1v) is 6.88. The average Bonchev–Trinajstić information content (AvgIpc) is 2.46. The maximum atomic E-state index is 11.8.